The highest BCUT2D eigenvalue weighted by Gasteiger charge is 2.72. The van der Waals surface area contributed by atoms with Gasteiger partial charge in [0.15, 0.2) is 17.6 Å². The molecule has 10 heteroatoms. The van der Waals surface area contributed by atoms with Crippen molar-refractivity contribution in [3.05, 3.63) is 35.1 Å². The molecular formula is C23H25NO9. The number of esters is 2. The third kappa shape index (κ3) is 2.90. The minimum Gasteiger partial charge on any atom is -0.504 e. The SMILES string of the molecule is CC(=O)O[C@@H](CC(=O)O)C(=O)OC1=CC[C@@]2(O)[C@H]3Cc4ccc(O)c5c4[C@@]2(CCN3C)[C@H]1O5. The van der Waals surface area contributed by atoms with Crippen LogP contribution < -0.4 is 4.74 Å². The van der Waals surface area contributed by atoms with E-state index < -0.39 is 47.6 Å². The minimum atomic E-state index is -1.62. The average molecular weight is 459 g/mol. The highest BCUT2D eigenvalue weighted by molar-refractivity contribution is 5.84. The van der Waals surface area contributed by atoms with Gasteiger partial charge in [-0.1, -0.05) is 6.07 Å². The molecule has 0 unspecified atom stereocenters. The van der Waals surface area contributed by atoms with Crippen LogP contribution in [-0.4, -0.2) is 75.6 Å². The fourth-order valence-corrected chi connectivity index (χ4v) is 6.15. The molecule has 1 spiro atoms. The van der Waals surface area contributed by atoms with E-state index in [1.807, 2.05) is 13.1 Å². The number of likely N-dealkylation sites (N-methyl/N-ethyl adjacent to an activating group) is 1. The first-order valence-electron chi connectivity index (χ1n) is 10.8. The maximum atomic E-state index is 12.8. The number of carbonyl (C=O) groups excluding carboxylic acids is 2. The van der Waals surface area contributed by atoms with Gasteiger partial charge in [-0.2, -0.15) is 0 Å². The van der Waals surface area contributed by atoms with Crippen LogP contribution in [0.3, 0.4) is 0 Å². The molecule has 2 heterocycles. The van der Waals surface area contributed by atoms with Crippen molar-refractivity contribution in [1.82, 2.24) is 4.90 Å². The number of aromatic hydroxyl groups is 1. The zero-order chi connectivity index (χ0) is 23.7. The molecule has 0 amide bonds. The highest BCUT2D eigenvalue weighted by Crippen LogP contribution is 2.65. The lowest BCUT2D eigenvalue weighted by molar-refractivity contribution is -0.177. The van der Waals surface area contributed by atoms with Gasteiger partial charge in [0.2, 0.25) is 6.10 Å². The normalized spacial score (nSPS) is 32.2. The van der Waals surface area contributed by atoms with Crippen molar-refractivity contribution in [1.29, 1.82) is 0 Å². The molecule has 1 fully saturated rings. The zero-order valence-corrected chi connectivity index (χ0v) is 18.2. The molecule has 1 aromatic carbocycles. The monoisotopic (exact) mass is 459 g/mol. The zero-order valence-electron chi connectivity index (χ0n) is 18.2. The van der Waals surface area contributed by atoms with Crippen molar-refractivity contribution in [2.24, 2.45) is 0 Å². The molecule has 1 aromatic rings. The number of carboxylic acid groups (broad SMARTS) is 1. The Morgan fingerprint density at radius 3 is 2.79 bits per heavy atom. The number of piperidine rings is 1. The highest BCUT2D eigenvalue weighted by atomic mass is 16.6. The van der Waals surface area contributed by atoms with Crippen molar-refractivity contribution in [2.45, 2.75) is 61.9 Å². The molecule has 2 aliphatic heterocycles. The van der Waals surface area contributed by atoms with Crippen LogP contribution in [-0.2, 0) is 35.7 Å². The number of ether oxygens (including phenoxy) is 3. The van der Waals surface area contributed by atoms with Crippen LogP contribution in [0.1, 0.15) is 37.3 Å². The van der Waals surface area contributed by atoms with Crippen LogP contribution in [0.2, 0.25) is 0 Å². The number of aliphatic hydroxyl groups is 1. The van der Waals surface area contributed by atoms with Crippen LogP contribution in [0.15, 0.2) is 24.0 Å². The Labute approximate surface area is 189 Å². The Bertz CT molecular complexity index is 1080. The van der Waals surface area contributed by atoms with Crippen LogP contribution in [0.5, 0.6) is 11.5 Å². The summed E-state index contributed by atoms with van der Waals surface area (Å²) < 4.78 is 16.6. The molecule has 0 radical (unpaired) electrons. The van der Waals surface area contributed by atoms with Gasteiger partial charge in [0.05, 0.1) is 17.4 Å². The minimum absolute atomic E-state index is 0.0633. The number of carboxylic acids is 1. The smallest absolute Gasteiger partial charge is 0.353 e. The van der Waals surface area contributed by atoms with Gasteiger partial charge in [0, 0.05) is 24.9 Å². The van der Waals surface area contributed by atoms with E-state index in [0.29, 0.717) is 19.4 Å². The quantitative estimate of drug-likeness (QED) is 0.536. The predicted octanol–water partition coefficient (Wildman–Crippen LogP) is 0.619. The fraction of sp³-hybridized carbons (Fsp3) is 0.522. The Morgan fingerprint density at radius 2 is 2.09 bits per heavy atom. The van der Waals surface area contributed by atoms with Crippen molar-refractivity contribution in [3.63, 3.8) is 0 Å². The lowest BCUT2D eigenvalue weighted by atomic mass is 9.50. The molecule has 3 N–H and O–H groups in total. The maximum absolute atomic E-state index is 12.8. The molecule has 176 valence electrons. The number of phenols is 1. The number of nitrogens with zero attached hydrogens (tertiary/aromatic N) is 1. The first-order chi connectivity index (χ1) is 15.6. The Balaban J connectivity index is 1.56. The number of likely N-dealkylation sites (tertiary alicyclic amines) is 1. The largest absolute Gasteiger partial charge is 0.504 e. The molecule has 33 heavy (non-hydrogen) atoms. The molecule has 5 rings (SSSR count). The van der Waals surface area contributed by atoms with Crippen LogP contribution in [0.25, 0.3) is 0 Å². The van der Waals surface area contributed by atoms with E-state index in [-0.39, 0.29) is 29.7 Å². The second-order valence-electron chi connectivity index (χ2n) is 9.22. The van der Waals surface area contributed by atoms with Crippen molar-refractivity contribution in [2.75, 3.05) is 13.6 Å². The summed E-state index contributed by atoms with van der Waals surface area (Å²) in [4.78, 5) is 37.4. The first-order valence-corrected chi connectivity index (χ1v) is 10.8. The van der Waals surface area contributed by atoms with Crippen molar-refractivity contribution in [3.8, 4) is 11.5 Å². The summed E-state index contributed by atoms with van der Waals surface area (Å²) in [7, 11) is 1.96. The van der Waals surface area contributed by atoms with E-state index in [2.05, 4.69) is 4.90 Å². The van der Waals surface area contributed by atoms with Gasteiger partial charge in [0.25, 0.3) is 0 Å². The predicted molar refractivity (Wildman–Crippen MR) is 110 cm³/mol. The summed E-state index contributed by atoms with van der Waals surface area (Å²) in [5.74, 6) is -2.86. The van der Waals surface area contributed by atoms with Crippen molar-refractivity contribution < 1.29 is 43.9 Å². The molecule has 2 aliphatic carbocycles. The summed E-state index contributed by atoms with van der Waals surface area (Å²) in [6.07, 6.45) is -0.427. The Kier molecular flexibility index (Phi) is 4.74. The summed E-state index contributed by atoms with van der Waals surface area (Å²) in [6.45, 7) is 1.74. The molecular weight excluding hydrogens is 434 g/mol. The van der Waals surface area contributed by atoms with Gasteiger partial charge < -0.3 is 34.4 Å². The lowest BCUT2D eigenvalue weighted by Gasteiger charge is -2.61. The number of hydrogen-bond acceptors (Lipinski definition) is 9. The van der Waals surface area contributed by atoms with Gasteiger partial charge in [0.1, 0.15) is 5.76 Å². The molecule has 0 saturated carbocycles. The molecule has 4 aliphatic rings. The van der Waals surface area contributed by atoms with Crippen molar-refractivity contribution >= 4 is 17.9 Å². The molecule has 1 saturated heterocycles. The Morgan fingerprint density at radius 1 is 1.33 bits per heavy atom. The Hall–Kier alpha value is -3.11. The van der Waals surface area contributed by atoms with E-state index in [4.69, 9.17) is 19.3 Å². The summed E-state index contributed by atoms with van der Waals surface area (Å²) in [5.41, 5.74) is -0.464. The number of carbonyl (C=O) groups is 3. The second kappa shape index (κ2) is 7.19. The molecule has 10 nitrogen and oxygen atoms in total. The second-order valence-corrected chi connectivity index (χ2v) is 9.22. The summed E-state index contributed by atoms with van der Waals surface area (Å²) >= 11 is 0. The third-order valence-corrected chi connectivity index (χ3v) is 7.50. The van der Waals surface area contributed by atoms with E-state index in [0.717, 1.165) is 18.1 Å². The van der Waals surface area contributed by atoms with Gasteiger partial charge >= 0.3 is 17.9 Å². The number of rotatable bonds is 5. The standard InChI is InChI=1S/C23H25NO9/c1-11(25)31-15(10-17(27)28)21(29)32-14-5-6-23(30)16-9-12-3-4-13(26)19-18(12)22(23,20(14)33-19)7-8-24(16)2/h3-5,15-16,20,26,30H,6-10H2,1-2H3,(H,27,28)/t15-,16+,20-,22-,23+/m0/s1. The molecule has 0 aromatic heterocycles. The van der Waals surface area contributed by atoms with E-state index in [1.165, 1.54) is 0 Å². The summed E-state index contributed by atoms with van der Waals surface area (Å²) in [6, 6.07) is 3.19. The number of hydrogen-bond donors (Lipinski definition) is 3. The fourth-order valence-electron chi connectivity index (χ4n) is 6.15. The topological polar surface area (TPSA) is 143 Å². The van der Waals surface area contributed by atoms with Gasteiger partial charge in [-0.05, 0) is 44.1 Å². The number of aliphatic carboxylic acids is 1. The number of phenolic OH excluding ortho intramolecular Hbond substituents is 1. The van der Waals surface area contributed by atoms with E-state index >= 15 is 0 Å². The molecule has 2 bridgehead atoms. The van der Waals surface area contributed by atoms with Gasteiger partial charge in [-0.3, -0.25) is 9.59 Å². The first kappa shape index (κ1) is 21.7. The van der Waals surface area contributed by atoms with Crippen LogP contribution in [0, 0.1) is 0 Å². The van der Waals surface area contributed by atoms with Gasteiger partial charge in [-0.25, -0.2) is 4.79 Å². The third-order valence-electron chi connectivity index (χ3n) is 7.50. The maximum Gasteiger partial charge on any atom is 0.353 e. The van der Waals surface area contributed by atoms with Crippen LogP contribution in [0.4, 0.5) is 0 Å². The lowest BCUT2D eigenvalue weighted by Crippen LogP contribution is -2.74. The average Bonchev–Trinajstić information content (AvgIpc) is 3.09. The van der Waals surface area contributed by atoms with E-state index in [9.17, 15) is 24.6 Å². The van der Waals surface area contributed by atoms with E-state index in [1.54, 1.807) is 12.1 Å². The summed E-state index contributed by atoms with van der Waals surface area (Å²) in [5, 5.41) is 31.7. The molecule has 5 atom stereocenters. The van der Waals surface area contributed by atoms with Crippen LogP contribution >= 0.6 is 0 Å². The van der Waals surface area contributed by atoms with Gasteiger partial charge in [-0.15, -0.1) is 0 Å². The number of benzene rings is 1.